The summed E-state index contributed by atoms with van der Waals surface area (Å²) in [5.74, 6) is 0.392. The monoisotopic (exact) mass is 275 g/mol. The molecule has 0 fully saturated rings. The molecule has 0 aromatic heterocycles. The molecule has 0 atom stereocenters. The second kappa shape index (κ2) is 6.25. The van der Waals surface area contributed by atoms with Gasteiger partial charge in [-0.15, -0.1) is 0 Å². The molecule has 2 aromatic carbocycles. The van der Waals surface area contributed by atoms with Crippen LogP contribution in [0.3, 0.4) is 0 Å². The van der Waals surface area contributed by atoms with Crippen LogP contribution in [0.2, 0.25) is 5.02 Å². The van der Waals surface area contributed by atoms with Gasteiger partial charge in [0, 0.05) is 12.1 Å². The maximum atomic E-state index is 11.7. The van der Waals surface area contributed by atoms with E-state index in [0.29, 0.717) is 22.9 Å². The zero-order valence-electron chi connectivity index (χ0n) is 10.5. The lowest BCUT2D eigenvalue weighted by molar-refractivity contribution is 0.0958. The number of rotatable bonds is 4. The van der Waals surface area contributed by atoms with Crippen LogP contribution in [0.5, 0.6) is 5.75 Å². The fourth-order valence-electron chi connectivity index (χ4n) is 1.70. The minimum absolute atomic E-state index is 0.165. The summed E-state index contributed by atoms with van der Waals surface area (Å²) in [5, 5.41) is 3.26. The van der Waals surface area contributed by atoms with E-state index in [0.717, 1.165) is 5.56 Å². The van der Waals surface area contributed by atoms with Gasteiger partial charge in [-0.25, -0.2) is 0 Å². The van der Waals surface area contributed by atoms with Crippen LogP contribution in [-0.4, -0.2) is 13.0 Å². The van der Waals surface area contributed by atoms with Gasteiger partial charge in [0.05, 0.1) is 5.56 Å². The number of carbonyl (C=O) groups is 1. The van der Waals surface area contributed by atoms with E-state index in [-0.39, 0.29) is 5.91 Å². The van der Waals surface area contributed by atoms with Crippen LogP contribution in [0.1, 0.15) is 15.9 Å². The second-order valence-corrected chi connectivity index (χ2v) is 4.43. The first kappa shape index (κ1) is 13.4. The number of carbonyl (C=O) groups excluding carboxylic acids is 1. The van der Waals surface area contributed by atoms with Gasteiger partial charge in [-0.05, 0) is 29.8 Å². The van der Waals surface area contributed by atoms with Gasteiger partial charge >= 0.3 is 0 Å². The Balaban J connectivity index is 2.13. The molecule has 0 bridgehead atoms. The number of amides is 1. The summed E-state index contributed by atoms with van der Waals surface area (Å²) < 4.78 is 5.68. The van der Waals surface area contributed by atoms with E-state index in [9.17, 15) is 4.79 Å². The van der Waals surface area contributed by atoms with E-state index in [1.165, 1.54) is 0 Å². The maximum absolute atomic E-state index is 11.7. The topological polar surface area (TPSA) is 38.3 Å². The highest BCUT2D eigenvalue weighted by atomic mass is 35.5. The van der Waals surface area contributed by atoms with E-state index in [4.69, 9.17) is 16.3 Å². The average Bonchev–Trinajstić information content (AvgIpc) is 2.45. The summed E-state index contributed by atoms with van der Waals surface area (Å²) in [6, 6.07) is 14.6. The summed E-state index contributed by atoms with van der Waals surface area (Å²) in [7, 11) is 1.59. The Morgan fingerprint density at radius 3 is 2.74 bits per heavy atom. The van der Waals surface area contributed by atoms with Gasteiger partial charge in [-0.1, -0.05) is 35.9 Å². The third-order valence-corrected chi connectivity index (χ3v) is 2.88. The summed E-state index contributed by atoms with van der Waals surface area (Å²) in [4.78, 5) is 11.7. The first-order chi connectivity index (χ1) is 9.20. The number of nitrogens with one attached hydrogen (secondary N) is 1. The highest BCUT2D eigenvalue weighted by Gasteiger charge is 2.10. The fourth-order valence-corrected chi connectivity index (χ4v) is 1.92. The van der Waals surface area contributed by atoms with Gasteiger partial charge in [0.2, 0.25) is 0 Å². The number of halogens is 1. The Morgan fingerprint density at radius 1 is 1.21 bits per heavy atom. The summed E-state index contributed by atoms with van der Waals surface area (Å²) in [6.45, 7) is 0.370. The Hall–Kier alpha value is -2.00. The van der Waals surface area contributed by atoms with Crippen molar-refractivity contribution < 1.29 is 9.53 Å². The largest absolute Gasteiger partial charge is 0.488 e. The third kappa shape index (κ3) is 3.48. The van der Waals surface area contributed by atoms with Crippen LogP contribution in [0.4, 0.5) is 0 Å². The molecule has 4 heteroatoms. The number of para-hydroxylation sites is 1. The van der Waals surface area contributed by atoms with Crippen LogP contribution < -0.4 is 10.1 Å². The zero-order valence-corrected chi connectivity index (χ0v) is 11.3. The lowest BCUT2D eigenvalue weighted by Crippen LogP contribution is -2.18. The first-order valence-corrected chi connectivity index (χ1v) is 6.27. The molecule has 0 heterocycles. The van der Waals surface area contributed by atoms with Crippen LogP contribution in [0.25, 0.3) is 0 Å². The molecule has 98 valence electrons. The molecule has 0 unspecified atom stereocenters. The number of hydrogen-bond donors (Lipinski definition) is 1. The summed E-state index contributed by atoms with van der Waals surface area (Å²) >= 11 is 5.91. The Bertz CT molecular complexity index is 584. The molecule has 0 spiro atoms. The molecule has 0 aliphatic rings. The lowest BCUT2D eigenvalue weighted by atomic mass is 10.2. The van der Waals surface area contributed by atoms with E-state index in [1.54, 1.807) is 25.2 Å². The minimum atomic E-state index is -0.165. The van der Waals surface area contributed by atoms with Crippen molar-refractivity contribution in [3.8, 4) is 5.75 Å². The molecule has 19 heavy (non-hydrogen) atoms. The molecule has 0 aliphatic carbocycles. The van der Waals surface area contributed by atoms with Crippen molar-refractivity contribution in [3.05, 3.63) is 64.7 Å². The zero-order chi connectivity index (χ0) is 13.7. The van der Waals surface area contributed by atoms with Crippen molar-refractivity contribution in [1.29, 1.82) is 0 Å². The molecule has 3 nitrogen and oxygen atoms in total. The summed E-state index contributed by atoms with van der Waals surface area (Å²) in [5.41, 5.74) is 1.48. The highest BCUT2D eigenvalue weighted by molar-refractivity contribution is 6.30. The number of ether oxygens (including phenoxy) is 1. The van der Waals surface area contributed by atoms with Crippen LogP contribution in [0, 0.1) is 0 Å². The first-order valence-electron chi connectivity index (χ1n) is 5.89. The molecule has 1 amide bonds. The molecule has 2 aromatic rings. The molecular formula is C15H14ClNO2. The highest BCUT2D eigenvalue weighted by Crippen LogP contribution is 2.20. The van der Waals surface area contributed by atoms with Crippen molar-refractivity contribution in [2.75, 3.05) is 7.05 Å². The van der Waals surface area contributed by atoms with Crippen molar-refractivity contribution in [2.24, 2.45) is 0 Å². The lowest BCUT2D eigenvalue weighted by Gasteiger charge is -2.10. The van der Waals surface area contributed by atoms with Crippen molar-refractivity contribution >= 4 is 17.5 Å². The van der Waals surface area contributed by atoms with Gasteiger partial charge in [0.25, 0.3) is 5.91 Å². The third-order valence-electron chi connectivity index (χ3n) is 2.64. The van der Waals surface area contributed by atoms with Gasteiger partial charge in [-0.2, -0.15) is 0 Å². The fraction of sp³-hybridized carbons (Fsp3) is 0.133. The quantitative estimate of drug-likeness (QED) is 0.930. The second-order valence-electron chi connectivity index (χ2n) is 3.99. The molecule has 0 saturated heterocycles. The van der Waals surface area contributed by atoms with Crippen LogP contribution in [-0.2, 0) is 6.61 Å². The Kier molecular flexibility index (Phi) is 4.42. The Morgan fingerprint density at radius 2 is 2.00 bits per heavy atom. The SMILES string of the molecule is CNC(=O)c1ccccc1OCc1cccc(Cl)c1. The smallest absolute Gasteiger partial charge is 0.254 e. The molecule has 1 N–H and O–H groups in total. The standard InChI is InChI=1S/C15H14ClNO2/c1-17-15(18)13-7-2-3-8-14(13)19-10-11-5-4-6-12(16)9-11/h2-9H,10H2,1H3,(H,17,18). The van der Waals surface area contributed by atoms with Gasteiger partial charge in [0.1, 0.15) is 12.4 Å². The van der Waals surface area contributed by atoms with Gasteiger partial charge in [-0.3, -0.25) is 4.79 Å². The van der Waals surface area contributed by atoms with Crippen LogP contribution in [0.15, 0.2) is 48.5 Å². The van der Waals surface area contributed by atoms with Crippen molar-refractivity contribution in [3.63, 3.8) is 0 Å². The van der Waals surface area contributed by atoms with E-state index in [1.807, 2.05) is 30.3 Å². The number of benzene rings is 2. The normalized spacial score (nSPS) is 10.0. The van der Waals surface area contributed by atoms with E-state index < -0.39 is 0 Å². The minimum Gasteiger partial charge on any atom is -0.488 e. The molecular weight excluding hydrogens is 262 g/mol. The molecule has 0 saturated carbocycles. The molecule has 0 aliphatic heterocycles. The summed E-state index contributed by atoms with van der Waals surface area (Å²) in [6.07, 6.45) is 0. The van der Waals surface area contributed by atoms with E-state index >= 15 is 0 Å². The predicted octanol–water partition coefficient (Wildman–Crippen LogP) is 3.28. The van der Waals surface area contributed by atoms with Gasteiger partial charge in [0.15, 0.2) is 0 Å². The Labute approximate surface area is 117 Å². The maximum Gasteiger partial charge on any atom is 0.254 e. The van der Waals surface area contributed by atoms with E-state index in [2.05, 4.69) is 5.32 Å². The van der Waals surface area contributed by atoms with Crippen molar-refractivity contribution in [2.45, 2.75) is 6.61 Å². The molecule has 2 rings (SSSR count). The predicted molar refractivity (Wildman–Crippen MR) is 75.6 cm³/mol. The number of hydrogen-bond acceptors (Lipinski definition) is 2. The molecule has 0 radical (unpaired) electrons. The van der Waals surface area contributed by atoms with Crippen LogP contribution >= 0.6 is 11.6 Å². The van der Waals surface area contributed by atoms with Crippen molar-refractivity contribution in [1.82, 2.24) is 5.32 Å². The van der Waals surface area contributed by atoms with Gasteiger partial charge < -0.3 is 10.1 Å². The average molecular weight is 276 g/mol.